The first kappa shape index (κ1) is 21.5. The van der Waals surface area contributed by atoms with Crippen molar-refractivity contribution in [3.8, 4) is 0 Å². The van der Waals surface area contributed by atoms with Gasteiger partial charge in [-0.1, -0.05) is 13.0 Å². The fourth-order valence-corrected chi connectivity index (χ4v) is 4.28. The largest absolute Gasteiger partial charge is 0.357 e. The fraction of sp³-hybridized carbons (Fsp3) is 0.571. The fourth-order valence-electron chi connectivity index (χ4n) is 3.40. The van der Waals surface area contributed by atoms with Crippen molar-refractivity contribution in [2.24, 2.45) is 4.99 Å². The van der Waals surface area contributed by atoms with Gasteiger partial charge in [0.2, 0.25) is 0 Å². The van der Waals surface area contributed by atoms with E-state index in [-0.39, 0.29) is 0 Å². The zero-order valence-electron chi connectivity index (χ0n) is 18.0. The summed E-state index contributed by atoms with van der Waals surface area (Å²) in [5.41, 5.74) is 2.21. The van der Waals surface area contributed by atoms with E-state index >= 15 is 0 Å². The summed E-state index contributed by atoms with van der Waals surface area (Å²) < 4.78 is 0. The van der Waals surface area contributed by atoms with Gasteiger partial charge in [0.25, 0.3) is 0 Å². The minimum absolute atomic E-state index is 0.604. The second-order valence-corrected chi connectivity index (χ2v) is 8.52. The molecule has 1 fully saturated rings. The Morgan fingerprint density at radius 2 is 1.93 bits per heavy atom. The van der Waals surface area contributed by atoms with Crippen molar-refractivity contribution in [1.82, 2.24) is 25.5 Å². The van der Waals surface area contributed by atoms with Gasteiger partial charge in [-0.3, -0.25) is 0 Å². The molecule has 3 rings (SSSR count). The molecule has 0 spiro atoms. The van der Waals surface area contributed by atoms with E-state index in [2.05, 4.69) is 63.3 Å². The molecule has 158 valence electrons. The quantitative estimate of drug-likeness (QED) is 0.535. The molecule has 7 nitrogen and oxygen atoms in total. The first-order valence-electron chi connectivity index (χ1n) is 10.5. The zero-order chi connectivity index (χ0) is 20.6. The number of rotatable bonds is 7. The summed E-state index contributed by atoms with van der Waals surface area (Å²) in [6.07, 6.45) is 1.95. The van der Waals surface area contributed by atoms with Crippen molar-refractivity contribution in [2.45, 2.75) is 40.8 Å². The van der Waals surface area contributed by atoms with Crippen molar-refractivity contribution in [3.63, 3.8) is 0 Å². The summed E-state index contributed by atoms with van der Waals surface area (Å²) in [5.74, 6) is 1.88. The Morgan fingerprint density at radius 1 is 1.14 bits per heavy atom. The summed E-state index contributed by atoms with van der Waals surface area (Å²) in [6.45, 7) is 16.0. The lowest BCUT2D eigenvalue weighted by Gasteiger charge is -2.34. The third kappa shape index (κ3) is 6.14. The average molecular weight is 416 g/mol. The van der Waals surface area contributed by atoms with Gasteiger partial charge in [0.1, 0.15) is 5.82 Å². The number of aliphatic imine (C=N–C) groups is 1. The minimum atomic E-state index is 0.604. The van der Waals surface area contributed by atoms with E-state index in [1.807, 2.05) is 13.1 Å². The smallest absolute Gasteiger partial charge is 0.191 e. The molecule has 0 aromatic carbocycles. The van der Waals surface area contributed by atoms with E-state index in [9.17, 15) is 0 Å². The zero-order valence-corrected chi connectivity index (χ0v) is 18.8. The predicted octanol–water partition coefficient (Wildman–Crippen LogP) is 2.55. The average Bonchev–Trinajstić information content (AvgIpc) is 3.07. The molecular formula is C21H33N7S. The van der Waals surface area contributed by atoms with Gasteiger partial charge in [0.15, 0.2) is 5.96 Å². The molecule has 0 aliphatic carbocycles. The highest BCUT2D eigenvalue weighted by Gasteiger charge is 2.16. The van der Waals surface area contributed by atoms with Gasteiger partial charge in [-0.05, 0) is 38.9 Å². The molecule has 2 aromatic rings. The van der Waals surface area contributed by atoms with Crippen LogP contribution in [0.25, 0.3) is 0 Å². The molecule has 1 aliphatic rings. The summed E-state index contributed by atoms with van der Waals surface area (Å²) >= 11 is 1.73. The van der Waals surface area contributed by atoms with Crippen LogP contribution in [0.5, 0.6) is 0 Å². The number of nitrogens with zero attached hydrogens (tertiary/aromatic N) is 5. The highest BCUT2D eigenvalue weighted by Crippen LogP contribution is 2.17. The van der Waals surface area contributed by atoms with Gasteiger partial charge >= 0.3 is 0 Å². The van der Waals surface area contributed by atoms with Crippen LogP contribution in [-0.2, 0) is 13.1 Å². The van der Waals surface area contributed by atoms with Crippen LogP contribution in [0.3, 0.4) is 0 Å². The van der Waals surface area contributed by atoms with Gasteiger partial charge in [0.05, 0.1) is 23.8 Å². The number of likely N-dealkylation sites (N-methyl/N-ethyl adjacent to an activating group) is 1. The second kappa shape index (κ2) is 10.5. The molecule has 0 saturated carbocycles. The summed E-state index contributed by atoms with van der Waals surface area (Å²) in [4.78, 5) is 20.0. The molecule has 2 aromatic heterocycles. The topological polar surface area (TPSA) is 68.7 Å². The lowest BCUT2D eigenvalue weighted by molar-refractivity contribution is 0.270. The number of piperazine rings is 1. The number of hydrogen-bond donors (Lipinski definition) is 2. The predicted molar refractivity (Wildman–Crippen MR) is 122 cm³/mol. The molecule has 0 amide bonds. The van der Waals surface area contributed by atoms with E-state index < -0.39 is 0 Å². The molecule has 1 aliphatic heterocycles. The molecule has 0 bridgehead atoms. The molecule has 8 heteroatoms. The van der Waals surface area contributed by atoms with Crippen LogP contribution in [-0.4, -0.2) is 60.1 Å². The number of thiazole rings is 1. The van der Waals surface area contributed by atoms with Crippen LogP contribution in [0.15, 0.2) is 23.3 Å². The maximum Gasteiger partial charge on any atom is 0.191 e. The molecular weight excluding hydrogens is 382 g/mol. The van der Waals surface area contributed by atoms with Gasteiger partial charge in [-0.15, -0.1) is 11.3 Å². The number of aryl methyl sites for hydroxylation is 2. The van der Waals surface area contributed by atoms with Crippen LogP contribution < -0.4 is 15.5 Å². The molecule has 0 unspecified atom stereocenters. The van der Waals surface area contributed by atoms with Crippen molar-refractivity contribution in [2.75, 3.05) is 44.2 Å². The Kier molecular flexibility index (Phi) is 7.83. The SMILES string of the molecule is CCNC(=NCc1ccc(N2CCN(CC)CC2)nc1)NCc1sc(C)nc1C. The van der Waals surface area contributed by atoms with E-state index in [0.29, 0.717) is 6.54 Å². The second-order valence-electron chi connectivity index (χ2n) is 7.24. The summed E-state index contributed by atoms with van der Waals surface area (Å²) in [6, 6.07) is 4.26. The van der Waals surface area contributed by atoms with Gasteiger partial charge in [-0.25, -0.2) is 15.0 Å². The van der Waals surface area contributed by atoms with Crippen molar-refractivity contribution in [1.29, 1.82) is 0 Å². The highest BCUT2D eigenvalue weighted by molar-refractivity contribution is 7.11. The molecule has 3 heterocycles. The number of nitrogens with one attached hydrogen (secondary N) is 2. The van der Waals surface area contributed by atoms with Gasteiger partial charge in [-0.2, -0.15) is 0 Å². The number of guanidine groups is 1. The Balaban J connectivity index is 1.55. The Labute approximate surface area is 178 Å². The van der Waals surface area contributed by atoms with Crippen LogP contribution in [0.1, 0.15) is 35.0 Å². The maximum atomic E-state index is 4.72. The van der Waals surface area contributed by atoms with Crippen LogP contribution in [0.4, 0.5) is 5.82 Å². The monoisotopic (exact) mass is 415 g/mol. The van der Waals surface area contributed by atoms with Crippen LogP contribution in [0.2, 0.25) is 0 Å². The summed E-state index contributed by atoms with van der Waals surface area (Å²) in [7, 11) is 0. The standard InChI is InChI=1S/C21H33N7S/c1-5-22-21(25-15-19-16(3)26-17(4)29-19)24-14-18-7-8-20(23-13-18)28-11-9-27(6-2)10-12-28/h7-8,13H,5-6,9-12,14-15H2,1-4H3,(H2,22,24,25). The van der Waals surface area contributed by atoms with Crippen molar-refractivity contribution in [3.05, 3.63) is 39.5 Å². The lowest BCUT2D eigenvalue weighted by atomic mass is 10.2. The van der Waals surface area contributed by atoms with Crippen molar-refractivity contribution < 1.29 is 0 Å². The number of hydrogen-bond acceptors (Lipinski definition) is 6. The Hall–Kier alpha value is -2.19. The van der Waals surface area contributed by atoms with E-state index in [1.54, 1.807) is 11.3 Å². The summed E-state index contributed by atoms with van der Waals surface area (Å²) in [5, 5.41) is 7.82. The highest BCUT2D eigenvalue weighted by atomic mass is 32.1. The molecule has 0 atom stereocenters. The molecule has 29 heavy (non-hydrogen) atoms. The van der Waals surface area contributed by atoms with Gasteiger partial charge in [0, 0.05) is 43.8 Å². The normalized spacial score (nSPS) is 15.6. The van der Waals surface area contributed by atoms with E-state index in [0.717, 1.165) is 73.9 Å². The minimum Gasteiger partial charge on any atom is -0.357 e. The van der Waals surface area contributed by atoms with E-state index in [4.69, 9.17) is 4.99 Å². The van der Waals surface area contributed by atoms with Crippen LogP contribution >= 0.6 is 11.3 Å². The number of aromatic nitrogens is 2. The van der Waals surface area contributed by atoms with E-state index in [1.165, 1.54) is 4.88 Å². The lowest BCUT2D eigenvalue weighted by Crippen LogP contribution is -2.46. The third-order valence-corrected chi connectivity index (χ3v) is 6.21. The van der Waals surface area contributed by atoms with Crippen LogP contribution in [0, 0.1) is 13.8 Å². The molecule has 2 N–H and O–H groups in total. The number of pyridine rings is 1. The first-order valence-corrected chi connectivity index (χ1v) is 11.3. The van der Waals surface area contributed by atoms with Crippen molar-refractivity contribution >= 4 is 23.1 Å². The number of anilines is 1. The maximum absolute atomic E-state index is 4.72. The third-order valence-electron chi connectivity index (χ3n) is 5.13. The molecule has 1 saturated heterocycles. The van der Waals surface area contributed by atoms with Gasteiger partial charge < -0.3 is 20.4 Å². The molecule has 0 radical (unpaired) electrons. The Morgan fingerprint density at radius 3 is 2.52 bits per heavy atom. The first-order chi connectivity index (χ1) is 14.1. The Bertz CT molecular complexity index is 792.